The van der Waals surface area contributed by atoms with Crippen molar-refractivity contribution in [3.05, 3.63) is 11.3 Å². The van der Waals surface area contributed by atoms with Gasteiger partial charge in [0.1, 0.15) is 5.82 Å². The number of aryl methyl sites for hydroxylation is 1. The van der Waals surface area contributed by atoms with Gasteiger partial charge in [-0.2, -0.15) is 5.10 Å². The van der Waals surface area contributed by atoms with E-state index in [4.69, 9.17) is 5.10 Å². The van der Waals surface area contributed by atoms with Crippen molar-refractivity contribution in [1.29, 1.82) is 0 Å². The smallest absolute Gasteiger partial charge is 0.127 e. The van der Waals surface area contributed by atoms with E-state index in [9.17, 15) is 0 Å². The third-order valence-electron chi connectivity index (χ3n) is 4.66. The number of nitrogens with zero attached hydrogens (tertiary/aromatic N) is 3. The van der Waals surface area contributed by atoms with Crippen LogP contribution in [0.15, 0.2) is 0 Å². The van der Waals surface area contributed by atoms with E-state index in [1.165, 1.54) is 68.8 Å². The van der Waals surface area contributed by atoms with Crippen molar-refractivity contribution < 1.29 is 0 Å². The summed E-state index contributed by atoms with van der Waals surface area (Å²) in [5.41, 5.74) is 2.88. The highest BCUT2D eigenvalue weighted by Gasteiger charge is 2.27. The molecule has 1 fully saturated rings. The zero-order valence-corrected chi connectivity index (χ0v) is 12.3. The summed E-state index contributed by atoms with van der Waals surface area (Å²) in [6, 6.07) is 0. The van der Waals surface area contributed by atoms with Gasteiger partial charge in [0, 0.05) is 31.6 Å². The minimum absolute atomic E-state index is 0.642. The number of aromatic nitrogens is 2. The number of likely N-dealkylation sites (N-methyl/N-ethyl adjacent to an activating group) is 1. The molecule has 1 aromatic heterocycles. The minimum Gasteiger partial charge on any atom is -0.370 e. The molecule has 0 aromatic carbocycles. The average Bonchev–Trinajstić information content (AvgIpc) is 2.64. The van der Waals surface area contributed by atoms with Gasteiger partial charge in [-0.1, -0.05) is 6.92 Å². The normalized spacial score (nSPS) is 24.6. The number of hydrogen-bond acceptors (Lipinski definition) is 3. The van der Waals surface area contributed by atoms with Crippen molar-refractivity contribution in [3.63, 3.8) is 0 Å². The van der Waals surface area contributed by atoms with E-state index in [0.717, 1.165) is 6.54 Å². The fourth-order valence-corrected chi connectivity index (χ4v) is 3.58. The Labute approximate surface area is 116 Å². The molecule has 0 spiro atoms. The molecule has 0 amide bonds. The zero-order valence-electron chi connectivity index (χ0n) is 12.3. The van der Waals surface area contributed by atoms with Gasteiger partial charge in [0.15, 0.2) is 0 Å². The van der Waals surface area contributed by atoms with E-state index < -0.39 is 0 Å². The van der Waals surface area contributed by atoms with E-state index in [0.29, 0.717) is 5.92 Å². The molecule has 2 aliphatic rings. The number of piperidine rings is 1. The zero-order chi connectivity index (χ0) is 13.2. The molecule has 3 heterocycles. The van der Waals surface area contributed by atoms with Crippen LogP contribution in [0.5, 0.6) is 0 Å². The summed E-state index contributed by atoms with van der Waals surface area (Å²) in [5.74, 6) is 1.92. The first-order valence-corrected chi connectivity index (χ1v) is 7.81. The molecule has 3 rings (SSSR count). The van der Waals surface area contributed by atoms with Gasteiger partial charge in [0.2, 0.25) is 0 Å². The highest BCUT2D eigenvalue weighted by atomic mass is 15.3. The summed E-state index contributed by atoms with van der Waals surface area (Å²) in [4.78, 5) is 2.57. The lowest BCUT2D eigenvalue weighted by Gasteiger charge is -2.31. The first-order chi connectivity index (χ1) is 9.29. The number of fused-ring (bicyclic) bond motifs is 1. The molecule has 0 radical (unpaired) electrons. The van der Waals surface area contributed by atoms with Crippen molar-refractivity contribution >= 4 is 5.82 Å². The molecule has 0 aliphatic carbocycles. The Bertz CT molecular complexity index is 438. The van der Waals surface area contributed by atoms with Crippen LogP contribution >= 0.6 is 0 Å². The van der Waals surface area contributed by atoms with Crippen molar-refractivity contribution in [1.82, 2.24) is 14.7 Å². The van der Waals surface area contributed by atoms with Gasteiger partial charge in [-0.05, 0) is 45.2 Å². The first-order valence-electron chi connectivity index (χ1n) is 7.81. The Balaban J connectivity index is 1.88. The molecule has 1 atom stereocenters. The van der Waals surface area contributed by atoms with Gasteiger partial charge in [-0.3, -0.25) is 4.68 Å². The van der Waals surface area contributed by atoms with Crippen molar-refractivity contribution in [2.45, 2.75) is 44.9 Å². The summed E-state index contributed by atoms with van der Waals surface area (Å²) >= 11 is 0. The van der Waals surface area contributed by atoms with Gasteiger partial charge < -0.3 is 10.2 Å². The third kappa shape index (κ3) is 2.50. The van der Waals surface area contributed by atoms with Gasteiger partial charge >= 0.3 is 0 Å². The molecule has 106 valence electrons. The molecule has 1 aromatic rings. The maximum Gasteiger partial charge on any atom is 0.127 e. The number of hydrogen-bond donors (Lipinski definition) is 1. The fraction of sp³-hybridized carbons (Fsp3) is 0.800. The van der Waals surface area contributed by atoms with Crippen LogP contribution in [0, 0.1) is 0 Å². The van der Waals surface area contributed by atoms with Crippen LogP contribution in [0.25, 0.3) is 0 Å². The third-order valence-corrected chi connectivity index (χ3v) is 4.66. The lowest BCUT2D eigenvalue weighted by atomic mass is 9.91. The van der Waals surface area contributed by atoms with Crippen LogP contribution in [-0.2, 0) is 13.5 Å². The monoisotopic (exact) mass is 262 g/mol. The van der Waals surface area contributed by atoms with Crippen LogP contribution in [-0.4, -0.2) is 40.9 Å². The standard InChI is InChI=1S/C15H26N4/c1-3-19-10-6-7-12(11-19)14-13-8-4-5-9-16-15(13)18(2)17-14/h12,16H,3-11H2,1-2H3. The van der Waals surface area contributed by atoms with E-state index in [-0.39, 0.29) is 0 Å². The number of nitrogens with one attached hydrogen (secondary N) is 1. The maximum atomic E-state index is 4.85. The Kier molecular flexibility index (Phi) is 3.78. The lowest BCUT2D eigenvalue weighted by molar-refractivity contribution is 0.215. The van der Waals surface area contributed by atoms with Crippen molar-refractivity contribution in [2.75, 3.05) is 31.5 Å². The maximum absolute atomic E-state index is 4.85. The second kappa shape index (κ2) is 5.53. The molecule has 1 N–H and O–H groups in total. The molecular formula is C15H26N4. The minimum atomic E-state index is 0.642. The predicted octanol–water partition coefficient (Wildman–Crippen LogP) is 2.37. The summed E-state index contributed by atoms with van der Waals surface area (Å²) in [6.45, 7) is 6.99. The van der Waals surface area contributed by atoms with E-state index in [2.05, 4.69) is 28.9 Å². The van der Waals surface area contributed by atoms with E-state index in [1.807, 2.05) is 0 Å². The SMILES string of the molecule is CCN1CCCC(c2nn(C)c3c2CCCCN3)C1. The molecule has 4 nitrogen and oxygen atoms in total. The summed E-state index contributed by atoms with van der Waals surface area (Å²) in [6.07, 6.45) is 6.40. The Morgan fingerprint density at radius 1 is 1.32 bits per heavy atom. The number of rotatable bonds is 2. The Morgan fingerprint density at radius 2 is 2.21 bits per heavy atom. The lowest BCUT2D eigenvalue weighted by Crippen LogP contribution is -2.34. The van der Waals surface area contributed by atoms with Crippen molar-refractivity contribution in [2.24, 2.45) is 7.05 Å². The first kappa shape index (κ1) is 13.0. The van der Waals surface area contributed by atoms with E-state index >= 15 is 0 Å². The second-order valence-corrected chi connectivity index (χ2v) is 5.95. The predicted molar refractivity (Wildman–Crippen MR) is 78.7 cm³/mol. The Morgan fingerprint density at radius 3 is 3.05 bits per heavy atom. The molecule has 0 saturated carbocycles. The van der Waals surface area contributed by atoms with Gasteiger partial charge in [-0.25, -0.2) is 0 Å². The molecule has 0 bridgehead atoms. The summed E-state index contributed by atoms with van der Waals surface area (Å²) < 4.78 is 2.07. The fourth-order valence-electron chi connectivity index (χ4n) is 3.58. The Hall–Kier alpha value is -1.03. The quantitative estimate of drug-likeness (QED) is 0.888. The highest BCUT2D eigenvalue weighted by Crippen LogP contribution is 2.33. The van der Waals surface area contributed by atoms with Crippen LogP contribution in [0.2, 0.25) is 0 Å². The van der Waals surface area contributed by atoms with Crippen LogP contribution < -0.4 is 5.32 Å². The average molecular weight is 262 g/mol. The van der Waals surface area contributed by atoms with Crippen LogP contribution in [0.1, 0.15) is 49.8 Å². The number of anilines is 1. The van der Waals surface area contributed by atoms with Crippen LogP contribution in [0.3, 0.4) is 0 Å². The van der Waals surface area contributed by atoms with Crippen LogP contribution in [0.4, 0.5) is 5.82 Å². The number of likely N-dealkylation sites (tertiary alicyclic amines) is 1. The summed E-state index contributed by atoms with van der Waals surface area (Å²) in [5, 5.41) is 8.42. The molecule has 2 aliphatic heterocycles. The van der Waals surface area contributed by atoms with Gasteiger partial charge in [-0.15, -0.1) is 0 Å². The second-order valence-electron chi connectivity index (χ2n) is 5.95. The van der Waals surface area contributed by atoms with E-state index in [1.54, 1.807) is 0 Å². The molecule has 4 heteroatoms. The van der Waals surface area contributed by atoms with Crippen molar-refractivity contribution in [3.8, 4) is 0 Å². The van der Waals surface area contributed by atoms with Gasteiger partial charge in [0.25, 0.3) is 0 Å². The topological polar surface area (TPSA) is 33.1 Å². The van der Waals surface area contributed by atoms with Gasteiger partial charge in [0.05, 0.1) is 5.69 Å². The largest absolute Gasteiger partial charge is 0.370 e. The molecular weight excluding hydrogens is 236 g/mol. The molecule has 1 unspecified atom stereocenters. The molecule has 1 saturated heterocycles. The highest BCUT2D eigenvalue weighted by molar-refractivity contribution is 5.50. The molecule has 19 heavy (non-hydrogen) atoms. The summed E-state index contributed by atoms with van der Waals surface area (Å²) in [7, 11) is 2.08.